The van der Waals surface area contributed by atoms with Gasteiger partial charge in [0.05, 0.1) is 12.1 Å². The highest BCUT2D eigenvalue weighted by Crippen LogP contribution is 2.29. The van der Waals surface area contributed by atoms with Gasteiger partial charge in [-0.1, -0.05) is 0 Å². The number of hydrogen-bond donors (Lipinski definition) is 1. The number of ether oxygens (including phenoxy) is 1. The SMILES string of the molecule is CN1CC(CCNC(=O)c2ccc(C(F)(F)F)cc2)OC1=O. The van der Waals surface area contributed by atoms with E-state index in [2.05, 4.69) is 5.32 Å². The first-order valence-corrected chi connectivity index (χ1v) is 6.64. The smallest absolute Gasteiger partial charge is 0.416 e. The Morgan fingerprint density at radius 1 is 1.36 bits per heavy atom. The van der Waals surface area contributed by atoms with Gasteiger partial charge in [0.1, 0.15) is 6.10 Å². The van der Waals surface area contributed by atoms with Crippen LogP contribution in [-0.4, -0.2) is 43.1 Å². The topological polar surface area (TPSA) is 58.6 Å². The zero-order chi connectivity index (χ0) is 16.3. The number of amides is 2. The number of halogens is 3. The molecule has 1 atom stereocenters. The fourth-order valence-electron chi connectivity index (χ4n) is 2.06. The van der Waals surface area contributed by atoms with Crippen molar-refractivity contribution in [2.75, 3.05) is 20.1 Å². The molecule has 8 heteroatoms. The lowest BCUT2D eigenvalue weighted by Crippen LogP contribution is -2.28. The molecule has 1 aliphatic heterocycles. The summed E-state index contributed by atoms with van der Waals surface area (Å²) in [5.41, 5.74) is -0.654. The van der Waals surface area contributed by atoms with Crippen molar-refractivity contribution in [1.29, 1.82) is 0 Å². The van der Waals surface area contributed by atoms with Crippen LogP contribution in [0.25, 0.3) is 0 Å². The Hall–Kier alpha value is -2.25. The predicted octanol–water partition coefficient (Wildman–Crippen LogP) is 2.28. The van der Waals surface area contributed by atoms with Crippen LogP contribution in [-0.2, 0) is 10.9 Å². The summed E-state index contributed by atoms with van der Waals surface area (Å²) in [6, 6.07) is 3.98. The van der Waals surface area contributed by atoms with Crippen LogP contribution in [0.15, 0.2) is 24.3 Å². The average Bonchev–Trinajstić information content (AvgIpc) is 2.77. The normalized spacial score (nSPS) is 18.3. The number of cyclic esters (lactones) is 1. The summed E-state index contributed by atoms with van der Waals surface area (Å²) in [6.07, 6.45) is -4.67. The minimum atomic E-state index is -4.42. The molecule has 0 radical (unpaired) electrons. The third kappa shape index (κ3) is 3.90. The van der Waals surface area contributed by atoms with Crippen LogP contribution >= 0.6 is 0 Å². The van der Waals surface area contributed by atoms with Crippen LogP contribution < -0.4 is 5.32 Å². The zero-order valence-electron chi connectivity index (χ0n) is 11.8. The Balaban J connectivity index is 1.81. The quantitative estimate of drug-likeness (QED) is 0.927. The summed E-state index contributed by atoms with van der Waals surface area (Å²) < 4.78 is 42.3. The molecule has 1 aliphatic rings. The molecular formula is C14H15F3N2O3. The first-order chi connectivity index (χ1) is 10.3. The van der Waals surface area contributed by atoms with E-state index in [1.165, 1.54) is 4.90 Å². The summed E-state index contributed by atoms with van der Waals surface area (Å²) in [5, 5.41) is 2.58. The van der Waals surface area contributed by atoms with Crippen molar-refractivity contribution in [3.63, 3.8) is 0 Å². The standard InChI is InChI=1S/C14H15F3N2O3/c1-19-8-11(22-13(19)21)6-7-18-12(20)9-2-4-10(5-3-9)14(15,16)17/h2-5,11H,6-8H2,1H3,(H,18,20). The maximum Gasteiger partial charge on any atom is 0.416 e. The molecule has 5 nitrogen and oxygen atoms in total. The lowest BCUT2D eigenvalue weighted by Gasteiger charge is -2.10. The number of benzene rings is 1. The summed E-state index contributed by atoms with van der Waals surface area (Å²) in [4.78, 5) is 24.4. The van der Waals surface area contributed by atoms with Crippen molar-refractivity contribution in [2.24, 2.45) is 0 Å². The second-order valence-electron chi connectivity index (χ2n) is 5.01. The van der Waals surface area contributed by atoms with Crippen LogP contribution in [0.4, 0.5) is 18.0 Å². The van der Waals surface area contributed by atoms with Gasteiger partial charge in [-0.25, -0.2) is 4.79 Å². The first-order valence-electron chi connectivity index (χ1n) is 6.64. The number of alkyl halides is 3. The molecule has 0 spiro atoms. The highest BCUT2D eigenvalue weighted by atomic mass is 19.4. The van der Waals surface area contributed by atoms with E-state index in [-0.39, 0.29) is 18.2 Å². The van der Waals surface area contributed by atoms with Gasteiger partial charge in [-0.05, 0) is 24.3 Å². The second kappa shape index (κ2) is 6.25. The molecule has 0 saturated carbocycles. The largest absolute Gasteiger partial charge is 0.444 e. The molecule has 1 aromatic rings. The molecule has 1 fully saturated rings. The molecule has 1 heterocycles. The number of nitrogens with one attached hydrogen (secondary N) is 1. The first kappa shape index (κ1) is 16.1. The molecule has 22 heavy (non-hydrogen) atoms. The van der Waals surface area contributed by atoms with Gasteiger partial charge in [-0.2, -0.15) is 13.2 Å². The van der Waals surface area contributed by atoms with Gasteiger partial charge in [0, 0.05) is 25.6 Å². The number of likely N-dealkylation sites (N-methyl/N-ethyl adjacent to an activating group) is 1. The summed E-state index contributed by atoms with van der Waals surface area (Å²) in [6.45, 7) is 0.723. The van der Waals surface area contributed by atoms with E-state index in [0.29, 0.717) is 13.0 Å². The van der Waals surface area contributed by atoms with Crippen molar-refractivity contribution in [3.05, 3.63) is 35.4 Å². The van der Waals surface area contributed by atoms with Gasteiger partial charge in [0.2, 0.25) is 0 Å². The van der Waals surface area contributed by atoms with Crippen molar-refractivity contribution < 1.29 is 27.5 Å². The fraction of sp³-hybridized carbons (Fsp3) is 0.429. The number of hydrogen-bond acceptors (Lipinski definition) is 3. The zero-order valence-corrected chi connectivity index (χ0v) is 11.8. The van der Waals surface area contributed by atoms with Crippen LogP contribution in [0.3, 0.4) is 0 Å². The Morgan fingerprint density at radius 3 is 2.50 bits per heavy atom. The van der Waals surface area contributed by atoms with Crippen LogP contribution in [0.5, 0.6) is 0 Å². The molecular weight excluding hydrogens is 301 g/mol. The Labute approximate surface area is 125 Å². The van der Waals surface area contributed by atoms with Crippen LogP contribution in [0, 0.1) is 0 Å². The van der Waals surface area contributed by atoms with Crippen molar-refractivity contribution in [1.82, 2.24) is 10.2 Å². The molecule has 1 saturated heterocycles. The van der Waals surface area contributed by atoms with E-state index in [0.717, 1.165) is 24.3 Å². The van der Waals surface area contributed by atoms with E-state index in [1.807, 2.05) is 0 Å². The maximum absolute atomic E-state index is 12.4. The summed E-state index contributed by atoms with van der Waals surface area (Å²) in [5.74, 6) is -0.466. The van der Waals surface area contributed by atoms with E-state index >= 15 is 0 Å². The maximum atomic E-state index is 12.4. The molecule has 2 rings (SSSR count). The monoisotopic (exact) mass is 316 g/mol. The Bertz CT molecular complexity index is 557. The molecule has 0 aliphatic carbocycles. The van der Waals surface area contributed by atoms with E-state index in [1.54, 1.807) is 7.05 Å². The van der Waals surface area contributed by atoms with Crippen LogP contribution in [0.1, 0.15) is 22.3 Å². The van der Waals surface area contributed by atoms with Gasteiger partial charge in [-0.3, -0.25) is 4.79 Å². The second-order valence-corrected chi connectivity index (χ2v) is 5.01. The van der Waals surface area contributed by atoms with E-state index in [9.17, 15) is 22.8 Å². The highest BCUT2D eigenvalue weighted by molar-refractivity contribution is 5.94. The summed E-state index contributed by atoms with van der Waals surface area (Å²) >= 11 is 0. The molecule has 1 N–H and O–H groups in total. The molecule has 2 amide bonds. The van der Waals surface area contributed by atoms with Crippen molar-refractivity contribution >= 4 is 12.0 Å². The average molecular weight is 316 g/mol. The minimum absolute atomic E-state index is 0.147. The number of carbonyl (C=O) groups is 2. The minimum Gasteiger partial charge on any atom is -0.444 e. The third-order valence-electron chi connectivity index (χ3n) is 3.28. The molecule has 0 aromatic heterocycles. The van der Waals surface area contributed by atoms with Crippen molar-refractivity contribution in [2.45, 2.75) is 18.7 Å². The molecule has 120 valence electrons. The van der Waals surface area contributed by atoms with Crippen LogP contribution in [0.2, 0.25) is 0 Å². The fourth-order valence-corrected chi connectivity index (χ4v) is 2.06. The van der Waals surface area contributed by atoms with Gasteiger partial charge >= 0.3 is 12.3 Å². The van der Waals surface area contributed by atoms with Crippen molar-refractivity contribution in [3.8, 4) is 0 Å². The summed E-state index contributed by atoms with van der Waals surface area (Å²) in [7, 11) is 1.61. The Kier molecular flexibility index (Phi) is 4.58. The van der Waals surface area contributed by atoms with Gasteiger partial charge in [-0.15, -0.1) is 0 Å². The third-order valence-corrected chi connectivity index (χ3v) is 3.28. The number of rotatable bonds is 4. The van der Waals surface area contributed by atoms with Gasteiger partial charge in [0.25, 0.3) is 5.91 Å². The molecule has 1 unspecified atom stereocenters. The van der Waals surface area contributed by atoms with Gasteiger partial charge < -0.3 is 15.0 Å². The number of nitrogens with zero attached hydrogens (tertiary/aromatic N) is 1. The number of carbonyl (C=O) groups excluding carboxylic acids is 2. The van der Waals surface area contributed by atoms with Gasteiger partial charge in [0.15, 0.2) is 0 Å². The molecule has 1 aromatic carbocycles. The Morgan fingerprint density at radius 2 is 2.00 bits per heavy atom. The highest BCUT2D eigenvalue weighted by Gasteiger charge is 2.30. The lowest BCUT2D eigenvalue weighted by molar-refractivity contribution is -0.137. The van der Waals surface area contributed by atoms with E-state index < -0.39 is 23.7 Å². The lowest BCUT2D eigenvalue weighted by atomic mass is 10.1. The molecule has 0 bridgehead atoms. The van der Waals surface area contributed by atoms with E-state index in [4.69, 9.17) is 4.74 Å². The predicted molar refractivity (Wildman–Crippen MR) is 71.3 cm³/mol.